The topological polar surface area (TPSA) is 63.4 Å². The van der Waals surface area contributed by atoms with E-state index in [2.05, 4.69) is 31.9 Å². The molecule has 0 amide bonds. The van der Waals surface area contributed by atoms with Crippen molar-refractivity contribution in [2.24, 2.45) is 5.73 Å². The molecule has 0 aliphatic carbocycles. The molecule has 0 radical (unpaired) electrons. The van der Waals surface area contributed by atoms with Gasteiger partial charge in [-0.15, -0.1) is 11.3 Å². The van der Waals surface area contributed by atoms with Crippen molar-refractivity contribution in [1.29, 1.82) is 0 Å². The van der Waals surface area contributed by atoms with Gasteiger partial charge in [0.25, 0.3) is 0 Å². The van der Waals surface area contributed by atoms with Crippen LogP contribution in [0.2, 0.25) is 0 Å². The number of thiophene rings is 1. The van der Waals surface area contributed by atoms with E-state index in [9.17, 15) is 8.42 Å². The van der Waals surface area contributed by atoms with Crippen molar-refractivity contribution < 1.29 is 8.42 Å². The van der Waals surface area contributed by atoms with E-state index >= 15 is 0 Å². The van der Waals surface area contributed by atoms with Crippen LogP contribution < -0.4 is 5.73 Å². The Balaban J connectivity index is 2.33. The number of hydrogen-bond acceptors (Lipinski definition) is 6. The lowest BCUT2D eigenvalue weighted by molar-refractivity contribution is 0.200. The highest BCUT2D eigenvalue weighted by atomic mass is 79.9. The molecule has 2 atom stereocenters. The predicted molar refractivity (Wildman–Crippen MR) is 94.2 cm³/mol. The summed E-state index contributed by atoms with van der Waals surface area (Å²) in [5.41, 5.74) is 5.93. The molecule has 1 aromatic rings. The molecule has 2 N–H and O–H groups in total. The molecular weight excluding hydrogens is 448 g/mol. The fraction of sp³-hybridized carbons (Fsp3) is 0.636. The fourth-order valence-corrected chi connectivity index (χ4v) is 7.41. The van der Waals surface area contributed by atoms with Crippen LogP contribution in [0.4, 0.5) is 0 Å². The van der Waals surface area contributed by atoms with Crippen molar-refractivity contribution in [1.82, 2.24) is 4.90 Å². The van der Waals surface area contributed by atoms with E-state index in [1.807, 2.05) is 11.0 Å². The second kappa shape index (κ2) is 6.97. The summed E-state index contributed by atoms with van der Waals surface area (Å²) in [4.78, 5) is 3.13. The van der Waals surface area contributed by atoms with E-state index in [4.69, 9.17) is 5.73 Å². The molecule has 9 heteroatoms. The van der Waals surface area contributed by atoms with Gasteiger partial charge in [0.2, 0.25) is 0 Å². The zero-order valence-corrected chi connectivity index (χ0v) is 16.5. The number of thioether (sulfide) groups is 1. The van der Waals surface area contributed by atoms with Crippen LogP contribution in [-0.2, 0) is 9.84 Å². The predicted octanol–water partition coefficient (Wildman–Crippen LogP) is 2.69. The maximum atomic E-state index is 12.0. The molecule has 0 spiro atoms. The fourth-order valence-electron chi connectivity index (χ4n) is 2.26. The second-order valence-electron chi connectivity index (χ2n) is 4.62. The first-order valence-corrected chi connectivity index (χ1v) is 11.5. The van der Waals surface area contributed by atoms with E-state index in [1.165, 1.54) is 6.26 Å². The number of hydrogen-bond donors (Lipinski definition) is 1. The molecule has 1 aromatic heterocycles. The molecule has 1 aliphatic rings. The third-order valence-electron chi connectivity index (χ3n) is 3.23. The van der Waals surface area contributed by atoms with Gasteiger partial charge >= 0.3 is 0 Å². The van der Waals surface area contributed by atoms with Crippen molar-refractivity contribution in [3.63, 3.8) is 0 Å². The van der Waals surface area contributed by atoms with Crippen molar-refractivity contribution in [3.8, 4) is 0 Å². The minimum absolute atomic E-state index is 0.0526. The average Bonchev–Trinajstić information content (AvgIpc) is 2.70. The number of halogens is 2. The molecule has 1 saturated heterocycles. The second-order valence-corrected chi connectivity index (χ2v) is 11.2. The van der Waals surface area contributed by atoms with Crippen LogP contribution in [0.25, 0.3) is 0 Å². The van der Waals surface area contributed by atoms with Crippen LogP contribution >= 0.6 is 55.0 Å². The van der Waals surface area contributed by atoms with E-state index in [0.717, 1.165) is 25.4 Å². The Morgan fingerprint density at radius 1 is 1.55 bits per heavy atom. The van der Waals surface area contributed by atoms with Crippen molar-refractivity contribution in [2.45, 2.75) is 11.4 Å². The summed E-state index contributed by atoms with van der Waals surface area (Å²) in [5.74, 6) is 1.55. The summed E-state index contributed by atoms with van der Waals surface area (Å²) < 4.78 is 26.0. The van der Waals surface area contributed by atoms with Crippen molar-refractivity contribution in [3.05, 3.63) is 19.2 Å². The maximum absolute atomic E-state index is 12.0. The Hall–Kier alpha value is 0.880. The van der Waals surface area contributed by atoms with E-state index in [-0.39, 0.29) is 6.04 Å². The Morgan fingerprint density at radius 3 is 2.75 bits per heavy atom. The Kier molecular flexibility index (Phi) is 6.01. The largest absolute Gasteiger partial charge is 0.329 e. The van der Waals surface area contributed by atoms with Crippen LogP contribution in [-0.4, -0.2) is 49.5 Å². The molecule has 1 fully saturated rings. The van der Waals surface area contributed by atoms with Crippen LogP contribution in [0.1, 0.15) is 10.9 Å². The van der Waals surface area contributed by atoms with E-state index in [1.54, 1.807) is 23.1 Å². The van der Waals surface area contributed by atoms with Crippen molar-refractivity contribution >= 4 is 64.8 Å². The van der Waals surface area contributed by atoms with Gasteiger partial charge in [-0.05, 0) is 37.9 Å². The molecule has 20 heavy (non-hydrogen) atoms. The number of sulfone groups is 1. The average molecular weight is 464 g/mol. The quantitative estimate of drug-likeness (QED) is 0.743. The van der Waals surface area contributed by atoms with Gasteiger partial charge in [-0.25, -0.2) is 8.42 Å². The lowest BCUT2D eigenvalue weighted by Crippen LogP contribution is -2.50. The van der Waals surface area contributed by atoms with Crippen LogP contribution in [0.15, 0.2) is 14.3 Å². The minimum atomic E-state index is -3.11. The lowest BCUT2D eigenvalue weighted by atomic mass is 10.2. The highest BCUT2D eigenvalue weighted by Crippen LogP contribution is 2.39. The van der Waals surface area contributed by atoms with Crippen LogP contribution in [0.3, 0.4) is 0 Å². The lowest BCUT2D eigenvalue weighted by Gasteiger charge is -2.39. The molecule has 2 rings (SSSR count). The molecular formula is C11H16Br2N2O2S3. The molecule has 2 heterocycles. The standard InChI is InChI=1S/C11H16Br2N2O2S3/c1-20(16,17)10-6-18-3-2-15(10)8(5-14)9-4-7(12)11(13)19-9/h4,8,10H,2-3,5-6,14H2,1H3. The minimum Gasteiger partial charge on any atom is -0.329 e. The summed E-state index contributed by atoms with van der Waals surface area (Å²) >= 11 is 10.2. The van der Waals surface area contributed by atoms with Gasteiger partial charge in [0, 0.05) is 40.2 Å². The van der Waals surface area contributed by atoms with Gasteiger partial charge in [-0.2, -0.15) is 11.8 Å². The summed E-state index contributed by atoms with van der Waals surface area (Å²) in [6.45, 7) is 1.16. The van der Waals surface area contributed by atoms with E-state index < -0.39 is 15.2 Å². The summed E-state index contributed by atoms with van der Waals surface area (Å²) in [7, 11) is -3.11. The summed E-state index contributed by atoms with van der Waals surface area (Å²) in [6, 6.07) is 1.97. The van der Waals surface area contributed by atoms with Crippen molar-refractivity contribution in [2.75, 3.05) is 30.9 Å². The molecule has 114 valence electrons. The maximum Gasteiger partial charge on any atom is 0.164 e. The Labute approximate surface area is 144 Å². The molecule has 0 saturated carbocycles. The summed E-state index contributed by atoms with van der Waals surface area (Å²) in [6.07, 6.45) is 1.31. The SMILES string of the molecule is CS(=O)(=O)C1CSCCN1C(CN)c1cc(Br)c(Br)s1. The molecule has 4 nitrogen and oxygen atoms in total. The number of rotatable bonds is 4. The number of nitrogens with zero attached hydrogens (tertiary/aromatic N) is 1. The highest BCUT2D eigenvalue weighted by molar-refractivity contribution is 9.13. The first kappa shape index (κ1) is 17.2. The molecule has 2 unspecified atom stereocenters. The third kappa shape index (κ3) is 3.80. The van der Waals surface area contributed by atoms with Gasteiger partial charge in [-0.1, -0.05) is 0 Å². The molecule has 0 bridgehead atoms. The Bertz CT molecular complexity index is 557. The molecule has 1 aliphatic heterocycles. The monoisotopic (exact) mass is 462 g/mol. The molecule has 0 aromatic carbocycles. The van der Waals surface area contributed by atoms with Gasteiger partial charge in [0.15, 0.2) is 9.84 Å². The zero-order chi connectivity index (χ0) is 14.9. The zero-order valence-electron chi connectivity index (χ0n) is 10.9. The third-order valence-corrected chi connectivity index (χ3v) is 9.25. The first-order chi connectivity index (χ1) is 9.34. The van der Waals surface area contributed by atoms with Gasteiger partial charge in [-0.3, -0.25) is 4.90 Å². The number of nitrogens with two attached hydrogens (primary N) is 1. The Morgan fingerprint density at radius 2 is 2.25 bits per heavy atom. The van der Waals surface area contributed by atoms with Crippen LogP contribution in [0.5, 0.6) is 0 Å². The van der Waals surface area contributed by atoms with Gasteiger partial charge in [0.1, 0.15) is 5.37 Å². The normalized spacial score (nSPS) is 22.9. The van der Waals surface area contributed by atoms with E-state index in [0.29, 0.717) is 12.3 Å². The van der Waals surface area contributed by atoms with Gasteiger partial charge in [0.05, 0.1) is 9.83 Å². The van der Waals surface area contributed by atoms with Gasteiger partial charge < -0.3 is 5.73 Å². The van der Waals surface area contributed by atoms with Crippen LogP contribution in [0, 0.1) is 0 Å². The summed E-state index contributed by atoms with van der Waals surface area (Å²) in [5, 5.41) is -0.450. The first-order valence-electron chi connectivity index (χ1n) is 6.01. The smallest absolute Gasteiger partial charge is 0.164 e. The highest BCUT2D eigenvalue weighted by Gasteiger charge is 2.36.